The molecule has 2 rings (SSSR count). The first kappa shape index (κ1) is 7.72. The summed E-state index contributed by atoms with van der Waals surface area (Å²) in [5, 5.41) is -0.708. The van der Waals surface area contributed by atoms with Crippen molar-refractivity contribution in [1.29, 1.82) is 0 Å². The molecular weight excluding hydrogens is 182 g/mol. The Morgan fingerprint density at radius 2 is 2.17 bits per heavy atom. The second kappa shape index (κ2) is 2.07. The number of aldehydes is 1. The second-order valence-electron chi connectivity index (χ2n) is 2.99. The first-order valence-electron chi connectivity index (χ1n) is 3.54. The molecule has 2 heterocycles. The first-order chi connectivity index (χ1) is 5.56. The van der Waals surface area contributed by atoms with Crippen molar-refractivity contribution in [2.45, 2.75) is 17.8 Å². The van der Waals surface area contributed by atoms with Crippen LogP contribution in [0.15, 0.2) is 0 Å². The minimum atomic E-state index is -3.21. The molecule has 0 bridgehead atoms. The molecule has 12 heavy (non-hydrogen) atoms. The van der Waals surface area contributed by atoms with Gasteiger partial charge in [0.1, 0.15) is 17.7 Å². The minimum Gasteiger partial charge on any atom is -0.314 e. The summed E-state index contributed by atoms with van der Waals surface area (Å²) < 4.78 is 22.4. The van der Waals surface area contributed by atoms with Crippen LogP contribution in [-0.4, -0.2) is 42.7 Å². The molecule has 0 spiro atoms. The smallest absolute Gasteiger partial charge is 0.227 e. The Bertz CT molecular complexity index is 347. The quantitative estimate of drug-likeness (QED) is 0.373. The van der Waals surface area contributed by atoms with Crippen molar-refractivity contribution in [3.63, 3.8) is 0 Å². The molecule has 5 nitrogen and oxygen atoms in total. The Labute approximate surface area is 69.3 Å². The van der Waals surface area contributed by atoms with Gasteiger partial charge >= 0.3 is 0 Å². The summed E-state index contributed by atoms with van der Waals surface area (Å²) in [6.07, 6.45) is 0.571. The summed E-state index contributed by atoms with van der Waals surface area (Å²) in [4.78, 5) is 22.4. The molecule has 2 atom stereocenters. The normalized spacial score (nSPS) is 37.3. The summed E-state index contributed by atoms with van der Waals surface area (Å²) in [5.41, 5.74) is 0. The first-order valence-corrected chi connectivity index (χ1v) is 5.26. The third kappa shape index (κ3) is 0.754. The second-order valence-corrected chi connectivity index (χ2v) is 5.20. The number of carbonyl (C=O) groups is 2. The van der Waals surface area contributed by atoms with Crippen LogP contribution < -0.4 is 0 Å². The molecule has 2 fully saturated rings. The van der Waals surface area contributed by atoms with Crippen LogP contribution >= 0.6 is 0 Å². The van der Waals surface area contributed by atoms with E-state index in [0.29, 0.717) is 6.29 Å². The number of rotatable bonds is 1. The van der Waals surface area contributed by atoms with Gasteiger partial charge in [0.25, 0.3) is 0 Å². The van der Waals surface area contributed by atoms with Crippen LogP contribution in [0.4, 0.5) is 0 Å². The van der Waals surface area contributed by atoms with Gasteiger partial charge in [-0.05, 0) is 0 Å². The fourth-order valence-electron chi connectivity index (χ4n) is 1.63. The predicted molar refractivity (Wildman–Crippen MR) is 38.9 cm³/mol. The maximum Gasteiger partial charge on any atom is 0.227 e. The summed E-state index contributed by atoms with van der Waals surface area (Å²) in [6, 6.07) is -0.735. The van der Waals surface area contributed by atoms with E-state index in [2.05, 4.69) is 0 Å². The summed E-state index contributed by atoms with van der Waals surface area (Å²) >= 11 is 0. The summed E-state index contributed by atoms with van der Waals surface area (Å²) in [7, 11) is -3.21. The van der Waals surface area contributed by atoms with Gasteiger partial charge in [-0.3, -0.25) is 4.79 Å². The van der Waals surface area contributed by atoms with Crippen LogP contribution in [-0.2, 0) is 19.4 Å². The van der Waals surface area contributed by atoms with E-state index in [4.69, 9.17) is 0 Å². The lowest BCUT2D eigenvalue weighted by Gasteiger charge is -2.34. The lowest BCUT2D eigenvalue weighted by molar-refractivity contribution is -0.145. The van der Waals surface area contributed by atoms with Crippen LogP contribution in [0, 0.1) is 0 Å². The van der Waals surface area contributed by atoms with E-state index in [-0.39, 0.29) is 18.1 Å². The van der Waals surface area contributed by atoms with Crippen LogP contribution in [0.2, 0.25) is 0 Å². The van der Waals surface area contributed by atoms with Gasteiger partial charge in [0, 0.05) is 0 Å². The topological polar surface area (TPSA) is 71.5 Å². The third-order valence-electron chi connectivity index (χ3n) is 2.28. The average Bonchev–Trinajstić information content (AvgIpc) is 2.17. The van der Waals surface area contributed by atoms with Crippen molar-refractivity contribution >= 4 is 22.0 Å². The van der Waals surface area contributed by atoms with Crippen molar-refractivity contribution in [2.75, 3.05) is 5.75 Å². The van der Waals surface area contributed by atoms with Crippen molar-refractivity contribution in [3.05, 3.63) is 0 Å². The molecule has 0 aromatic rings. The Morgan fingerprint density at radius 1 is 1.50 bits per heavy atom. The molecule has 66 valence electrons. The highest BCUT2D eigenvalue weighted by Crippen LogP contribution is 2.33. The predicted octanol–water partition coefficient (Wildman–Crippen LogP) is -1.46. The molecular formula is C6H7NO4S. The molecule has 1 unspecified atom stereocenters. The third-order valence-corrected chi connectivity index (χ3v) is 4.31. The van der Waals surface area contributed by atoms with Gasteiger partial charge in [-0.2, -0.15) is 0 Å². The Balaban J connectivity index is 2.37. The van der Waals surface area contributed by atoms with E-state index >= 15 is 0 Å². The van der Waals surface area contributed by atoms with E-state index < -0.39 is 21.3 Å². The van der Waals surface area contributed by atoms with Crippen LogP contribution in [0.25, 0.3) is 0 Å². The number of hydrogen-bond donors (Lipinski definition) is 0. The molecule has 0 aromatic heterocycles. The standard InChI is InChI=1S/C6H7NO4S/c8-2-4-3-12(10,11)6-1-5(9)7(4)6/h2,4,6H,1,3H2/t4-,6?/m0/s1. The van der Waals surface area contributed by atoms with E-state index in [1.165, 1.54) is 0 Å². The molecule has 1 amide bonds. The Hall–Kier alpha value is -0.910. The molecule has 6 heteroatoms. The number of hydrogen-bond acceptors (Lipinski definition) is 4. The Morgan fingerprint density at radius 3 is 2.58 bits per heavy atom. The number of amides is 1. The molecule has 2 saturated heterocycles. The SMILES string of the molecule is O=C[C@H]1CS(=O)(=O)C2CC(=O)N21. The number of carbonyl (C=O) groups excluding carboxylic acids is 2. The van der Waals surface area contributed by atoms with Gasteiger partial charge in [0.05, 0.1) is 12.2 Å². The fourth-order valence-corrected chi connectivity index (χ4v) is 3.59. The summed E-state index contributed by atoms with van der Waals surface area (Å²) in [5.74, 6) is -0.439. The zero-order valence-corrected chi connectivity index (χ0v) is 6.95. The van der Waals surface area contributed by atoms with Crippen LogP contribution in [0.3, 0.4) is 0 Å². The lowest BCUT2D eigenvalue weighted by atomic mass is 10.1. The highest BCUT2D eigenvalue weighted by molar-refractivity contribution is 7.92. The van der Waals surface area contributed by atoms with E-state index in [0.717, 1.165) is 4.90 Å². The molecule has 0 saturated carbocycles. The maximum absolute atomic E-state index is 11.2. The van der Waals surface area contributed by atoms with Crippen LogP contribution in [0.5, 0.6) is 0 Å². The number of sulfone groups is 1. The average molecular weight is 189 g/mol. The monoisotopic (exact) mass is 189 g/mol. The molecule has 0 radical (unpaired) electrons. The van der Waals surface area contributed by atoms with Crippen molar-refractivity contribution < 1.29 is 18.0 Å². The van der Waals surface area contributed by atoms with Gasteiger partial charge in [-0.15, -0.1) is 0 Å². The van der Waals surface area contributed by atoms with Crippen molar-refractivity contribution in [3.8, 4) is 0 Å². The lowest BCUT2D eigenvalue weighted by Crippen LogP contribution is -2.54. The van der Waals surface area contributed by atoms with Gasteiger partial charge in [0.15, 0.2) is 9.84 Å². The molecule has 0 aliphatic carbocycles. The number of fused-ring (bicyclic) bond motifs is 1. The van der Waals surface area contributed by atoms with E-state index in [1.807, 2.05) is 0 Å². The molecule has 0 aromatic carbocycles. The molecule has 2 aliphatic heterocycles. The van der Waals surface area contributed by atoms with E-state index in [9.17, 15) is 18.0 Å². The maximum atomic E-state index is 11.2. The van der Waals surface area contributed by atoms with Gasteiger partial charge in [-0.25, -0.2) is 8.42 Å². The number of nitrogens with zero attached hydrogens (tertiary/aromatic N) is 1. The zero-order valence-electron chi connectivity index (χ0n) is 6.13. The highest BCUT2D eigenvalue weighted by Gasteiger charge is 2.55. The largest absolute Gasteiger partial charge is 0.314 e. The molecule has 0 N–H and O–H groups in total. The fraction of sp³-hybridized carbons (Fsp3) is 0.667. The van der Waals surface area contributed by atoms with Gasteiger partial charge < -0.3 is 9.69 Å². The molecule has 2 aliphatic rings. The van der Waals surface area contributed by atoms with Gasteiger partial charge in [0.2, 0.25) is 5.91 Å². The highest BCUT2D eigenvalue weighted by atomic mass is 32.2. The Kier molecular flexibility index (Phi) is 1.33. The van der Waals surface area contributed by atoms with Crippen molar-refractivity contribution in [1.82, 2.24) is 4.90 Å². The zero-order chi connectivity index (χ0) is 8.93. The van der Waals surface area contributed by atoms with Crippen molar-refractivity contribution in [2.24, 2.45) is 0 Å². The van der Waals surface area contributed by atoms with Gasteiger partial charge in [-0.1, -0.05) is 0 Å². The number of β-lactam (4-membered cyclic amide) rings is 1. The van der Waals surface area contributed by atoms with Crippen LogP contribution in [0.1, 0.15) is 6.42 Å². The minimum absolute atomic E-state index is 0.0483. The van der Waals surface area contributed by atoms with E-state index in [1.54, 1.807) is 0 Å². The summed E-state index contributed by atoms with van der Waals surface area (Å²) in [6.45, 7) is 0.